The predicted molar refractivity (Wildman–Crippen MR) is 46.2 cm³/mol. The Balaban J connectivity index is 2.87. The third-order valence-electron chi connectivity index (χ3n) is 1.65. The molecule has 5 heteroatoms. The second-order valence-corrected chi connectivity index (χ2v) is 3.32. The number of rotatable bonds is 0. The van der Waals surface area contributed by atoms with Crippen LogP contribution in [0.25, 0.3) is 11.0 Å². The first kappa shape index (κ1) is 7.67. The van der Waals surface area contributed by atoms with E-state index in [4.69, 9.17) is 0 Å². The molecular formula is C7H5BrFN3. The summed E-state index contributed by atoms with van der Waals surface area (Å²) in [5.41, 5.74) is 1.38. The molecule has 1 aromatic heterocycles. The first-order valence-electron chi connectivity index (χ1n) is 3.33. The highest BCUT2D eigenvalue weighted by Gasteiger charge is 2.05. The number of aromatic nitrogens is 3. The zero-order chi connectivity index (χ0) is 8.72. The third-order valence-corrected chi connectivity index (χ3v) is 2.26. The van der Waals surface area contributed by atoms with E-state index in [0.717, 1.165) is 0 Å². The Morgan fingerprint density at radius 1 is 1.50 bits per heavy atom. The number of hydrogen-bond donors (Lipinski definition) is 0. The molecule has 0 radical (unpaired) electrons. The molecule has 0 atom stereocenters. The summed E-state index contributed by atoms with van der Waals surface area (Å²) in [4.78, 5) is 0. The molecule has 0 aliphatic carbocycles. The van der Waals surface area contributed by atoms with Gasteiger partial charge in [0.25, 0.3) is 0 Å². The fourth-order valence-electron chi connectivity index (χ4n) is 1.03. The average molecular weight is 230 g/mol. The van der Waals surface area contributed by atoms with Gasteiger partial charge in [-0.2, -0.15) is 0 Å². The number of hydrogen-bond acceptors (Lipinski definition) is 2. The second-order valence-electron chi connectivity index (χ2n) is 2.47. The van der Waals surface area contributed by atoms with Crippen molar-refractivity contribution in [1.82, 2.24) is 15.0 Å². The summed E-state index contributed by atoms with van der Waals surface area (Å²) in [6.07, 6.45) is 0. The molecule has 2 aromatic rings. The fourth-order valence-corrected chi connectivity index (χ4v) is 1.36. The Labute approximate surface area is 76.3 Å². The molecule has 3 nitrogen and oxygen atoms in total. The minimum atomic E-state index is -0.298. The van der Waals surface area contributed by atoms with Crippen molar-refractivity contribution in [1.29, 1.82) is 0 Å². The molecule has 0 saturated heterocycles. The van der Waals surface area contributed by atoms with Crippen molar-refractivity contribution < 1.29 is 4.39 Å². The summed E-state index contributed by atoms with van der Waals surface area (Å²) < 4.78 is 14.9. The zero-order valence-electron chi connectivity index (χ0n) is 6.25. The van der Waals surface area contributed by atoms with Crippen molar-refractivity contribution in [2.75, 3.05) is 0 Å². The third kappa shape index (κ3) is 1.01. The molecule has 0 aliphatic heterocycles. The van der Waals surface area contributed by atoms with E-state index in [9.17, 15) is 4.39 Å². The monoisotopic (exact) mass is 229 g/mol. The lowest BCUT2D eigenvalue weighted by molar-refractivity contribution is 0.621. The number of benzene rings is 1. The normalized spacial score (nSPS) is 10.9. The molecule has 0 saturated carbocycles. The van der Waals surface area contributed by atoms with Crippen LogP contribution in [-0.4, -0.2) is 15.0 Å². The first-order valence-corrected chi connectivity index (χ1v) is 4.12. The van der Waals surface area contributed by atoms with Gasteiger partial charge >= 0.3 is 0 Å². The molecule has 0 bridgehead atoms. The number of halogens is 2. The van der Waals surface area contributed by atoms with Crippen molar-refractivity contribution >= 4 is 27.0 Å². The van der Waals surface area contributed by atoms with Crippen molar-refractivity contribution in [3.8, 4) is 0 Å². The molecule has 0 N–H and O–H groups in total. The van der Waals surface area contributed by atoms with Crippen LogP contribution in [0.2, 0.25) is 0 Å². The lowest BCUT2D eigenvalue weighted by Crippen LogP contribution is -1.89. The molecule has 2 rings (SSSR count). The molecule has 0 spiro atoms. The quantitative estimate of drug-likeness (QED) is 0.691. The fraction of sp³-hybridized carbons (Fsp3) is 0.143. The van der Waals surface area contributed by atoms with E-state index in [2.05, 4.69) is 26.2 Å². The molecule has 62 valence electrons. The molecule has 0 amide bonds. The van der Waals surface area contributed by atoms with Gasteiger partial charge in [0, 0.05) is 13.1 Å². The van der Waals surface area contributed by atoms with Crippen LogP contribution in [0.4, 0.5) is 4.39 Å². The van der Waals surface area contributed by atoms with Gasteiger partial charge in [-0.3, -0.25) is 0 Å². The minimum Gasteiger partial charge on any atom is -0.248 e. The van der Waals surface area contributed by atoms with Crippen LogP contribution in [0.1, 0.15) is 0 Å². The molecule has 1 aromatic carbocycles. The van der Waals surface area contributed by atoms with Gasteiger partial charge in [-0.25, -0.2) is 9.07 Å². The highest BCUT2D eigenvalue weighted by Crippen LogP contribution is 2.20. The van der Waals surface area contributed by atoms with Gasteiger partial charge in [0.2, 0.25) is 0 Å². The molecular weight excluding hydrogens is 225 g/mol. The summed E-state index contributed by atoms with van der Waals surface area (Å²) in [5.74, 6) is -0.298. The van der Waals surface area contributed by atoms with Crippen LogP contribution < -0.4 is 0 Å². The van der Waals surface area contributed by atoms with Crippen molar-refractivity contribution in [3.05, 3.63) is 22.4 Å². The summed E-state index contributed by atoms with van der Waals surface area (Å²) in [7, 11) is 1.72. The van der Waals surface area contributed by atoms with E-state index in [1.165, 1.54) is 10.7 Å². The topological polar surface area (TPSA) is 30.7 Å². The summed E-state index contributed by atoms with van der Waals surface area (Å²) in [5, 5.41) is 7.59. The largest absolute Gasteiger partial charge is 0.248 e. The number of nitrogens with zero attached hydrogens (tertiary/aromatic N) is 3. The van der Waals surface area contributed by atoms with E-state index >= 15 is 0 Å². The van der Waals surface area contributed by atoms with E-state index in [-0.39, 0.29) is 5.82 Å². The maximum Gasteiger partial charge on any atom is 0.139 e. The number of fused-ring (bicyclic) bond motifs is 1. The van der Waals surface area contributed by atoms with Gasteiger partial charge in [-0.15, -0.1) is 5.10 Å². The Morgan fingerprint density at radius 3 is 3.00 bits per heavy atom. The molecule has 1 heterocycles. The highest BCUT2D eigenvalue weighted by atomic mass is 79.9. The van der Waals surface area contributed by atoms with E-state index in [0.29, 0.717) is 15.5 Å². The Hall–Kier alpha value is -0.970. The zero-order valence-corrected chi connectivity index (χ0v) is 7.84. The van der Waals surface area contributed by atoms with Crippen LogP contribution in [0.5, 0.6) is 0 Å². The van der Waals surface area contributed by atoms with Crippen molar-refractivity contribution in [3.63, 3.8) is 0 Å². The Kier molecular flexibility index (Phi) is 1.61. The first-order chi connectivity index (χ1) is 5.68. The Morgan fingerprint density at radius 2 is 2.25 bits per heavy atom. The molecule has 0 unspecified atom stereocenters. The van der Waals surface area contributed by atoms with E-state index < -0.39 is 0 Å². The van der Waals surface area contributed by atoms with Crippen LogP contribution in [0.15, 0.2) is 16.6 Å². The molecule has 12 heavy (non-hydrogen) atoms. The maximum absolute atomic E-state index is 13.0. The smallest absolute Gasteiger partial charge is 0.139 e. The Bertz CT molecular complexity index is 437. The maximum atomic E-state index is 13.0. The van der Waals surface area contributed by atoms with Gasteiger partial charge in [-0.05, 0) is 22.0 Å². The van der Waals surface area contributed by atoms with Gasteiger partial charge in [0.1, 0.15) is 11.3 Å². The van der Waals surface area contributed by atoms with Crippen LogP contribution in [0, 0.1) is 5.82 Å². The summed E-state index contributed by atoms with van der Waals surface area (Å²) in [6, 6.07) is 3.01. The molecule has 0 fully saturated rings. The highest BCUT2D eigenvalue weighted by molar-refractivity contribution is 9.10. The van der Waals surface area contributed by atoms with Crippen molar-refractivity contribution in [2.45, 2.75) is 0 Å². The SMILES string of the molecule is Cn1nnc2cc(Br)c(F)cc21. The van der Waals surface area contributed by atoms with Gasteiger partial charge in [0.15, 0.2) is 0 Å². The lowest BCUT2D eigenvalue weighted by atomic mass is 10.3. The standard InChI is InChI=1S/C7H5BrFN3/c1-12-7-3-5(9)4(8)2-6(7)10-11-12/h2-3H,1H3. The van der Waals surface area contributed by atoms with Gasteiger partial charge in [-0.1, -0.05) is 5.21 Å². The second kappa shape index (κ2) is 2.52. The summed E-state index contributed by atoms with van der Waals surface area (Å²) >= 11 is 3.07. The van der Waals surface area contributed by atoms with Crippen LogP contribution in [0.3, 0.4) is 0 Å². The van der Waals surface area contributed by atoms with Gasteiger partial charge in [0.05, 0.1) is 9.99 Å². The lowest BCUT2D eigenvalue weighted by Gasteiger charge is -1.94. The van der Waals surface area contributed by atoms with Crippen molar-refractivity contribution in [2.24, 2.45) is 7.05 Å². The minimum absolute atomic E-state index is 0.298. The predicted octanol–water partition coefficient (Wildman–Crippen LogP) is 1.87. The van der Waals surface area contributed by atoms with Crippen LogP contribution in [-0.2, 0) is 7.05 Å². The van der Waals surface area contributed by atoms with E-state index in [1.54, 1.807) is 13.1 Å². The van der Waals surface area contributed by atoms with Gasteiger partial charge < -0.3 is 0 Å². The van der Waals surface area contributed by atoms with Crippen LogP contribution >= 0.6 is 15.9 Å². The average Bonchev–Trinajstić information content (AvgIpc) is 2.35. The molecule has 0 aliphatic rings. The summed E-state index contributed by atoms with van der Waals surface area (Å²) in [6.45, 7) is 0. The van der Waals surface area contributed by atoms with E-state index in [1.807, 2.05) is 0 Å². The number of aryl methyl sites for hydroxylation is 1.